The molecular weight excluding hydrogens is 190 g/mol. The Kier molecular flexibility index (Phi) is 2.67. The van der Waals surface area contributed by atoms with Crippen LogP contribution in [0.3, 0.4) is 0 Å². The first-order valence-corrected chi connectivity index (χ1v) is 5.39. The van der Waals surface area contributed by atoms with Crippen molar-refractivity contribution < 1.29 is 15.6 Å². The quantitative estimate of drug-likeness (QED) is 0.724. The lowest BCUT2D eigenvalue weighted by atomic mass is 9.84. The Balaban J connectivity index is 2.30. The first-order chi connectivity index (χ1) is 7.13. The average Bonchev–Trinajstić information content (AvgIpc) is 2.23. The van der Waals surface area contributed by atoms with Crippen LogP contribution in [0, 0.1) is 0 Å². The highest BCUT2D eigenvalue weighted by Crippen LogP contribution is 2.33. The molecule has 1 aromatic carbocycles. The molecule has 0 spiro atoms. The van der Waals surface area contributed by atoms with Crippen molar-refractivity contribution in [2.24, 2.45) is 0 Å². The first-order valence-electron chi connectivity index (χ1n) is 5.39. The number of ether oxygens (including phenoxy) is 1. The maximum atomic E-state index is 9.25. The van der Waals surface area contributed by atoms with E-state index in [9.17, 15) is 5.11 Å². The zero-order chi connectivity index (χ0) is 10.9. The van der Waals surface area contributed by atoms with E-state index in [0.717, 1.165) is 25.0 Å². The summed E-state index contributed by atoms with van der Waals surface area (Å²) < 4.78 is 5.86. The second-order valence-corrected chi connectivity index (χ2v) is 4.34. The maximum Gasteiger partial charge on any atom is 0.142 e. The molecule has 1 aliphatic rings. The Morgan fingerprint density at radius 1 is 1.40 bits per heavy atom. The SMILES string of the molecule is CC1(c2ccc(O)cc2)OCCCC1[NH3+]. The number of hydrogen-bond acceptors (Lipinski definition) is 2. The van der Waals surface area contributed by atoms with Crippen LogP contribution in [-0.2, 0) is 10.3 Å². The van der Waals surface area contributed by atoms with Gasteiger partial charge >= 0.3 is 0 Å². The normalized spacial score (nSPS) is 31.5. The van der Waals surface area contributed by atoms with Crippen molar-refractivity contribution in [3.8, 4) is 5.75 Å². The third-order valence-electron chi connectivity index (χ3n) is 3.32. The predicted molar refractivity (Wildman–Crippen MR) is 57.3 cm³/mol. The van der Waals surface area contributed by atoms with Crippen molar-refractivity contribution in [3.05, 3.63) is 29.8 Å². The first kappa shape index (κ1) is 10.5. The van der Waals surface area contributed by atoms with Crippen LogP contribution >= 0.6 is 0 Å². The second kappa shape index (κ2) is 3.83. The summed E-state index contributed by atoms with van der Waals surface area (Å²) in [5, 5.41) is 9.25. The molecule has 0 aliphatic carbocycles. The van der Waals surface area contributed by atoms with Crippen molar-refractivity contribution >= 4 is 0 Å². The molecule has 0 radical (unpaired) electrons. The number of hydrogen-bond donors (Lipinski definition) is 2. The third-order valence-corrected chi connectivity index (χ3v) is 3.32. The van der Waals surface area contributed by atoms with E-state index in [1.54, 1.807) is 12.1 Å². The summed E-state index contributed by atoms with van der Waals surface area (Å²) >= 11 is 0. The van der Waals surface area contributed by atoms with Gasteiger partial charge in [-0.15, -0.1) is 0 Å². The summed E-state index contributed by atoms with van der Waals surface area (Å²) in [7, 11) is 0. The van der Waals surface area contributed by atoms with Gasteiger partial charge in [0.15, 0.2) is 0 Å². The fraction of sp³-hybridized carbons (Fsp3) is 0.500. The fourth-order valence-corrected chi connectivity index (χ4v) is 2.12. The smallest absolute Gasteiger partial charge is 0.142 e. The summed E-state index contributed by atoms with van der Waals surface area (Å²) in [6.07, 6.45) is 2.18. The van der Waals surface area contributed by atoms with Gasteiger partial charge in [0.2, 0.25) is 0 Å². The van der Waals surface area contributed by atoms with Crippen molar-refractivity contribution in [1.29, 1.82) is 0 Å². The summed E-state index contributed by atoms with van der Waals surface area (Å²) in [5.41, 5.74) is 4.96. The molecule has 15 heavy (non-hydrogen) atoms. The van der Waals surface area contributed by atoms with E-state index in [1.165, 1.54) is 0 Å². The molecule has 3 heteroatoms. The lowest BCUT2D eigenvalue weighted by Crippen LogP contribution is -2.71. The van der Waals surface area contributed by atoms with Crippen LogP contribution in [0.1, 0.15) is 25.3 Å². The van der Waals surface area contributed by atoms with Gasteiger partial charge in [0.25, 0.3) is 0 Å². The molecule has 0 saturated carbocycles. The molecule has 1 saturated heterocycles. The molecule has 0 bridgehead atoms. The minimum atomic E-state index is -0.300. The van der Waals surface area contributed by atoms with Crippen LogP contribution in [0.15, 0.2) is 24.3 Å². The minimum Gasteiger partial charge on any atom is -0.508 e. The topological polar surface area (TPSA) is 57.1 Å². The number of phenols is 1. The van der Waals surface area contributed by atoms with E-state index in [0.29, 0.717) is 5.75 Å². The number of rotatable bonds is 1. The Morgan fingerprint density at radius 2 is 2.07 bits per heavy atom. The van der Waals surface area contributed by atoms with Gasteiger partial charge in [0, 0.05) is 13.0 Å². The van der Waals surface area contributed by atoms with Gasteiger partial charge in [-0.25, -0.2) is 0 Å². The molecule has 1 fully saturated rings. The van der Waals surface area contributed by atoms with E-state index in [1.807, 2.05) is 12.1 Å². The maximum absolute atomic E-state index is 9.25. The number of quaternary nitrogens is 1. The molecule has 4 N–H and O–H groups in total. The molecule has 0 amide bonds. The largest absolute Gasteiger partial charge is 0.508 e. The van der Waals surface area contributed by atoms with E-state index < -0.39 is 0 Å². The fourth-order valence-electron chi connectivity index (χ4n) is 2.12. The zero-order valence-electron chi connectivity index (χ0n) is 9.07. The summed E-state index contributed by atoms with van der Waals surface area (Å²) in [5.74, 6) is 0.291. The molecule has 0 aromatic heterocycles. The van der Waals surface area contributed by atoms with E-state index >= 15 is 0 Å². The molecule has 2 atom stereocenters. The lowest BCUT2D eigenvalue weighted by molar-refractivity contribution is -0.467. The van der Waals surface area contributed by atoms with Crippen LogP contribution in [0.2, 0.25) is 0 Å². The highest BCUT2D eigenvalue weighted by atomic mass is 16.5. The summed E-state index contributed by atoms with van der Waals surface area (Å²) in [4.78, 5) is 0. The summed E-state index contributed by atoms with van der Waals surface area (Å²) in [6.45, 7) is 2.87. The van der Waals surface area contributed by atoms with Crippen molar-refractivity contribution in [2.45, 2.75) is 31.4 Å². The molecular formula is C12H18NO2+. The zero-order valence-corrected chi connectivity index (χ0v) is 9.07. The Labute approximate surface area is 89.9 Å². The molecule has 1 aliphatic heterocycles. The number of phenolic OH excluding ortho intramolecular Hbond substituents is 1. The van der Waals surface area contributed by atoms with Crippen molar-refractivity contribution in [1.82, 2.24) is 0 Å². The van der Waals surface area contributed by atoms with Crippen molar-refractivity contribution in [2.75, 3.05) is 6.61 Å². The van der Waals surface area contributed by atoms with Gasteiger partial charge in [-0.1, -0.05) is 12.1 Å². The lowest BCUT2D eigenvalue weighted by Gasteiger charge is -2.37. The highest BCUT2D eigenvalue weighted by molar-refractivity contribution is 5.30. The molecule has 3 nitrogen and oxygen atoms in total. The van der Waals surface area contributed by atoms with Gasteiger partial charge in [0.05, 0.1) is 0 Å². The van der Waals surface area contributed by atoms with Gasteiger partial charge in [-0.05, 0) is 31.0 Å². The summed E-state index contributed by atoms with van der Waals surface area (Å²) in [6, 6.07) is 7.50. The van der Waals surface area contributed by atoms with Gasteiger partial charge in [-0.2, -0.15) is 0 Å². The van der Waals surface area contributed by atoms with E-state index in [2.05, 4.69) is 12.7 Å². The van der Waals surface area contributed by atoms with Crippen LogP contribution in [0.4, 0.5) is 0 Å². The molecule has 1 aromatic rings. The predicted octanol–water partition coefficient (Wildman–Crippen LogP) is 1.03. The van der Waals surface area contributed by atoms with Gasteiger partial charge in [0.1, 0.15) is 17.4 Å². The Bertz CT molecular complexity index is 336. The molecule has 2 rings (SSSR count). The van der Waals surface area contributed by atoms with Crippen molar-refractivity contribution in [3.63, 3.8) is 0 Å². The van der Waals surface area contributed by atoms with Gasteiger partial charge < -0.3 is 15.6 Å². The van der Waals surface area contributed by atoms with E-state index in [4.69, 9.17) is 4.74 Å². The molecule has 82 valence electrons. The Morgan fingerprint density at radius 3 is 2.67 bits per heavy atom. The average molecular weight is 208 g/mol. The molecule has 2 unspecified atom stereocenters. The minimum absolute atomic E-state index is 0.274. The number of aromatic hydroxyl groups is 1. The third kappa shape index (κ3) is 1.85. The monoisotopic (exact) mass is 208 g/mol. The van der Waals surface area contributed by atoms with Crippen LogP contribution < -0.4 is 5.73 Å². The standard InChI is InChI=1S/C12H17NO2/c1-12(11(13)3-2-8-15-12)9-4-6-10(14)7-5-9/h4-7,11,14H,2-3,8,13H2,1H3/p+1. The van der Waals surface area contributed by atoms with Crippen LogP contribution in [0.5, 0.6) is 5.75 Å². The van der Waals surface area contributed by atoms with E-state index in [-0.39, 0.29) is 11.6 Å². The second-order valence-electron chi connectivity index (χ2n) is 4.34. The van der Waals surface area contributed by atoms with Gasteiger partial charge in [-0.3, -0.25) is 0 Å². The Hall–Kier alpha value is -1.06. The number of benzene rings is 1. The highest BCUT2D eigenvalue weighted by Gasteiger charge is 2.40. The molecule has 1 heterocycles. The van der Waals surface area contributed by atoms with Crippen LogP contribution in [-0.4, -0.2) is 17.8 Å². The van der Waals surface area contributed by atoms with Crippen LogP contribution in [0.25, 0.3) is 0 Å².